The number of carbonyl (C=O) groups excluding carboxylic acids is 1. The van der Waals surface area contributed by atoms with E-state index in [0.717, 1.165) is 81.9 Å². The smallest absolute Gasteiger partial charge is 0.270 e. The summed E-state index contributed by atoms with van der Waals surface area (Å²) in [5.74, 6) is -6.82. The van der Waals surface area contributed by atoms with Crippen LogP contribution in [0.4, 0.5) is 23.2 Å². The number of likely N-dealkylation sites (tertiary alicyclic amines) is 1. The van der Waals surface area contributed by atoms with Gasteiger partial charge in [0.2, 0.25) is 5.91 Å². The van der Waals surface area contributed by atoms with Crippen LogP contribution in [0.25, 0.3) is 0 Å². The van der Waals surface area contributed by atoms with E-state index in [1.807, 2.05) is 0 Å². The Kier molecular flexibility index (Phi) is 8.00. The molecule has 34 heavy (non-hydrogen) atoms. The largest absolute Gasteiger partial charge is 0.375 e. The molecule has 0 aromatic heterocycles. The number of halogens is 4. The highest BCUT2D eigenvalue weighted by molar-refractivity contribution is 5.91. The number of alkyl halides is 4. The fourth-order valence-corrected chi connectivity index (χ4v) is 5.09. The molecule has 3 N–H and O–H groups in total. The Morgan fingerprint density at radius 2 is 1.59 bits per heavy atom. The first-order valence-corrected chi connectivity index (χ1v) is 12.2. The number of hydrogen-bond donors (Lipinski definition) is 2. The van der Waals surface area contributed by atoms with Crippen LogP contribution < -0.4 is 11.1 Å². The van der Waals surface area contributed by atoms with E-state index in [4.69, 9.17) is 5.73 Å². The lowest BCUT2D eigenvalue weighted by atomic mass is 9.79. The molecule has 1 amide bonds. The molecule has 1 saturated carbocycles. The quantitative estimate of drug-likeness (QED) is 0.414. The van der Waals surface area contributed by atoms with Crippen molar-refractivity contribution in [3.63, 3.8) is 0 Å². The van der Waals surface area contributed by atoms with Crippen molar-refractivity contribution < 1.29 is 22.4 Å². The fraction of sp³-hybridized carbons (Fsp3) is 0.654. The van der Waals surface area contributed by atoms with Crippen molar-refractivity contribution in [2.24, 2.45) is 11.7 Å². The molecule has 3 rings (SSSR count). The summed E-state index contributed by atoms with van der Waals surface area (Å²) in [5, 5.41) is 2.55. The molecule has 0 radical (unpaired) electrons. The number of anilines is 1. The number of rotatable bonds is 8. The van der Waals surface area contributed by atoms with Crippen molar-refractivity contribution in [2.45, 2.75) is 89.0 Å². The summed E-state index contributed by atoms with van der Waals surface area (Å²) < 4.78 is 55.2. The van der Waals surface area contributed by atoms with Crippen molar-refractivity contribution >= 4 is 11.6 Å². The van der Waals surface area contributed by atoms with Gasteiger partial charge in [0.25, 0.3) is 11.8 Å². The van der Waals surface area contributed by atoms with Gasteiger partial charge in [-0.15, -0.1) is 0 Å². The third kappa shape index (κ3) is 7.20. The predicted octanol–water partition coefficient (Wildman–Crippen LogP) is 6.52. The van der Waals surface area contributed by atoms with Crippen LogP contribution >= 0.6 is 0 Å². The zero-order chi connectivity index (χ0) is 25.1. The Morgan fingerprint density at radius 3 is 2.09 bits per heavy atom. The molecule has 0 unspecified atom stereocenters. The van der Waals surface area contributed by atoms with Gasteiger partial charge in [-0.2, -0.15) is 0 Å². The fourth-order valence-electron chi connectivity index (χ4n) is 5.09. The Hall–Kier alpha value is -2.09. The van der Waals surface area contributed by atoms with Crippen LogP contribution in [-0.4, -0.2) is 29.4 Å². The van der Waals surface area contributed by atoms with Crippen LogP contribution in [0.2, 0.25) is 0 Å². The van der Waals surface area contributed by atoms with Crippen molar-refractivity contribution in [1.29, 1.82) is 0 Å². The van der Waals surface area contributed by atoms with E-state index in [1.54, 1.807) is 0 Å². The molecule has 190 valence electrons. The molecular formula is C26H37F4N3O. The van der Waals surface area contributed by atoms with E-state index < -0.39 is 23.0 Å². The summed E-state index contributed by atoms with van der Waals surface area (Å²) >= 11 is 0. The number of amides is 1. The van der Waals surface area contributed by atoms with Crippen LogP contribution in [0.3, 0.4) is 0 Å². The molecule has 2 fully saturated rings. The Balaban J connectivity index is 1.54. The molecule has 8 heteroatoms. The van der Waals surface area contributed by atoms with Gasteiger partial charge in [-0.05, 0) is 49.8 Å². The van der Waals surface area contributed by atoms with E-state index in [1.165, 1.54) is 6.42 Å². The summed E-state index contributed by atoms with van der Waals surface area (Å²) in [4.78, 5) is 14.8. The van der Waals surface area contributed by atoms with Crippen LogP contribution in [0.1, 0.15) is 82.8 Å². The molecule has 1 saturated heterocycles. The van der Waals surface area contributed by atoms with E-state index >= 15 is 0 Å². The highest BCUT2D eigenvalue weighted by atomic mass is 19.3. The van der Waals surface area contributed by atoms with Gasteiger partial charge in [-0.25, -0.2) is 17.6 Å². The number of benzene rings is 1. The minimum Gasteiger partial charge on any atom is -0.375 e. The van der Waals surface area contributed by atoms with Gasteiger partial charge in [-0.1, -0.05) is 25.8 Å². The predicted molar refractivity (Wildman–Crippen MR) is 127 cm³/mol. The lowest BCUT2D eigenvalue weighted by Gasteiger charge is -2.40. The lowest BCUT2D eigenvalue weighted by molar-refractivity contribution is -0.117. The number of nitrogens with one attached hydrogen (secondary N) is 1. The lowest BCUT2D eigenvalue weighted by Crippen LogP contribution is -2.44. The average molecular weight is 484 g/mol. The number of carbonyl (C=O) groups is 1. The number of piperidine rings is 1. The molecule has 4 nitrogen and oxygen atoms in total. The maximum Gasteiger partial charge on any atom is 0.270 e. The van der Waals surface area contributed by atoms with E-state index in [9.17, 15) is 22.4 Å². The van der Waals surface area contributed by atoms with Crippen molar-refractivity contribution in [3.05, 3.63) is 41.6 Å². The van der Waals surface area contributed by atoms with Crippen molar-refractivity contribution in [1.82, 2.24) is 4.90 Å². The van der Waals surface area contributed by atoms with Gasteiger partial charge in [0.15, 0.2) is 0 Å². The second-order valence-electron chi connectivity index (χ2n) is 10.4. The molecule has 1 aliphatic carbocycles. The normalized spacial score (nSPS) is 19.7. The molecule has 0 bridgehead atoms. The first-order chi connectivity index (χ1) is 15.7. The van der Waals surface area contributed by atoms with Crippen LogP contribution in [-0.2, 0) is 16.6 Å². The summed E-state index contributed by atoms with van der Waals surface area (Å²) in [6, 6.07) is 2.92. The number of nitrogens with zero attached hydrogens (tertiary/aromatic N) is 1. The maximum atomic E-state index is 13.8. The monoisotopic (exact) mass is 483 g/mol. The van der Waals surface area contributed by atoms with E-state index in [0.29, 0.717) is 13.8 Å². The molecule has 1 aliphatic heterocycles. The zero-order valence-electron chi connectivity index (χ0n) is 20.2. The highest BCUT2D eigenvalue weighted by Gasteiger charge is 2.32. The maximum absolute atomic E-state index is 13.8. The molecule has 1 heterocycles. The van der Waals surface area contributed by atoms with Crippen LogP contribution in [0.5, 0.6) is 0 Å². The minimum absolute atomic E-state index is 0.0351. The third-order valence-electron chi connectivity index (χ3n) is 7.17. The summed E-state index contributed by atoms with van der Waals surface area (Å²) in [6.07, 6.45) is 8.23. The van der Waals surface area contributed by atoms with Gasteiger partial charge < -0.3 is 16.0 Å². The summed E-state index contributed by atoms with van der Waals surface area (Å²) in [7, 11) is 0. The standard InChI is InChI=1S/C26H37F4N3O/c1-18(17-26(31)9-5-4-6-10-26)33-11-7-19(8-12-33)13-23(34)32-22-15-20(24(2,27)28)14-21(16-22)25(3,29)30/h14-16,19H,1,4-13,17,31H2,2-3H3,(H,32,34). The first kappa shape index (κ1) is 26.5. The van der Waals surface area contributed by atoms with Gasteiger partial charge >= 0.3 is 0 Å². The molecular weight excluding hydrogens is 446 g/mol. The van der Waals surface area contributed by atoms with Crippen LogP contribution in [0, 0.1) is 5.92 Å². The minimum atomic E-state index is -3.30. The molecule has 0 atom stereocenters. The third-order valence-corrected chi connectivity index (χ3v) is 7.17. The molecule has 0 spiro atoms. The van der Waals surface area contributed by atoms with Crippen LogP contribution in [0.15, 0.2) is 30.5 Å². The van der Waals surface area contributed by atoms with Gasteiger partial charge in [0.05, 0.1) is 0 Å². The Labute approximate surface area is 200 Å². The van der Waals surface area contributed by atoms with Crippen molar-refractivity contribution in [2.75, 3.05) is 18.4 Å². The first-order valence-electron chi connectivity index (χ1n) is 12.2. The highest BCUT2D eigenvalue weighted by Crippen LogP contribution is 2.36. The Bertz CT molecular complexity index is 845. The summed E-state index contributed by atoms with van der Waals surface area (Å²) in [5.41, 5.74) is 6.33. The molecule has 1 aromatic carbocycles. The molecule has 1 aromatic rings. The number of hydrogen-bond acceptors (Lipinski definition) is 3. The van der Waals surface area contributed by atoms with Gasteiger partial charge in [0.1, 0.15) is 0 Å². The number of nitrogens with two attached hydrogens (primary N) is 1. The SMILES string of the molecule is C=C(CC1(N)CCCCC1)N1CCC(CC(=O)Nc2cc(C(C)(F)F)cc(C(C)(F)F)c2)CC1. The topological polar surface area (TPSA) is 58.4 Å². The Morgan fingerprint density at radius 1 is 1.06 bits per heavy atom. The summed E-state index contributed by atoms with van der Waals surface area (Å²) in [6.45, 7) is 7.13. The van der Waals surface area contributed by atoms with Crippen molar-refractivity contribution in [3.8, 4) is 0 Å². The van der Waals surface area contributed by atoms with Gasteiger partial charge in [-0.3, -0.25) is 4.79 Å². The van der Waals surface area contributed by atoms with E-state index in [2.05, 4.69) is 16.8 Å². The van der Waals surface area contributed by atoms with Gasteiger partial charge in [0, 0.05) is 67.8 Å². The zero-order valence-corrected chi connectivity index (χ0v) is 20.2. The average Bonchev–Trinajstić information content (AvgIpc) is 2.73. The molecule has 2 aliphatic rings. The van der Waals surface area contributed by atoms with E-state index in [-0.39, 0.29) is 29.5 Å². The second kappa shape index (κ2) is 10.3. The second-order valence-corrected chi connectivity index (χ2v) is 10.4.